The highest BCUT2D eigenvalue weighted by Gasteiger charge is 2.47. The summed E-state index contributed by atoms with van der Waals surface area (Å²) in [4.78, 5) is 161. The molecule has 2 aliphatic heterocycles. The number of nitrogens with one attached hydrogen (secondary N) is 4. The van der Waals surface area contributed by atoms with Crippen LogP contribution in [0.5, 0.6) is 0 Å². The number of Topliss-reactive ketones (excluding diaryl/α,β-unsaturated/α-hetero) is 7. The summed E-state index contributed by atoms with van der Waals surface area (Å²) < 4.78 is 23.4. The minimum Gasteiger partial charge on any atom is -0.396 e. The van der Waals surface area contributed by atoms with Gasteiger partial charge in [-0.15, -0.1) is 0 Å². The van der Waals surface area contributed by atoms with Gasteiger partial charge >= 0.3 is 0 Å². The number of amides is 4. The van der Waals surface area contributed by atoms with Gasteiger partial charge in [0.25, 0.3) is 0 Å². The molecule has 115 heavy (non-hydrogen) atoms. The summed E-state index contributed by atoms with van der Waals surface area (Å²) in [5, 5.41) is 103. The third-order valence-corrected chi connectivity index (χ3v) is 21.9. The Hall–Kier alpha value is -6.54. The van der Waals surface area contributed by atoms with Gasteiger partial charge in [-0.3, -0.25) is 52.7 Å². The number of aliphatic hydroxyl groups is 9. The molecular formula is C81H136N10O24. The number of hydrogen-bond donors (Lipinski definition) is 13. The average Bonchev–Trinajstić information content (AvgIpc) is 0.803. The van der Waals surface area contributed by atoms with Crippen LogP contribution < -0.4 is 31.1 Å². The van der Waals surface area contributed by atoms with E-state index in [2.05, 4.69) is 21.3 Å². The first-order valence-electron chi connectivity index (χ1n) is 42.0. The van der Waals surface area contributed by atoms with Crippen LogP contribution in [0.1, 0.15) is 247 Å². The van der Waals surface area contributed by atoms with Crippen molar-refractivity contribution in [1.29, 1.82) is 0 Å². The van der Waals surface area contributed by atoms with Crippen molar-refractivity contribution in [2.24, 2.45) is 17.3 Å². The third-order valence-electron chi connectivity index (χ3n) is 21.9. The number of ketones is 7. The molecule has 0 aromatic carbocycles. The van der Waals surface area contributed by atoms with E-state index in [1.807, 2.05) is 25.7 Å². The molecule has 34 heteroatoms. The van der Waals surface area contributed by atoms with Crippen molar-refractivity contribution in [2.75, 3.05) is 101 Å². The Bertz CT molecular complexity index is 3080. The van der Waals surface area contributed by atoms with E-state index in [1.54, 1.807) is 9.80 Å². The smallest absolute Gasteiger partial charge is 0.232 e. The van der Waals surface area contributed by atoms with Crippen LogP contribution in [-0.2, 0) is 71.7 Å². The lowest BCUT2D eigenvalue weighted by Gasteiger charge is -2.42. The molecular weight excluding hydrogens is 1500 g/mol. The van der Waals surface area contributed by atoms with Gasteiger partial charge in [-0.25, -0.2) is 0 Å². The molecule has 0 spiro atoms. The SMILES string of the molecule is CC(=O)NC1C(OCCCCC(=O)CCCCCC(=O)CCNc2nc(N(CCC(=O)CCCCCC(=O)CCCCOC3CC(CO)C(O)C(O)C3NC(C)=O)CCC(=O)CCCCCC(=O)CCCCOC3OC(CO)C(O)C(O)C3NC(C)=O)nc(N3CCN(C(=O)CCCC(=O)C(C)(C)C)CC3)n2)CC(CO)C(O)C1O. The number of aromatic nitrogens is 3. The molecule has 0 radical (unpaired) electrons. The Kier molecular flexibility index (Phi) is 45.7. The Morgan fingerprint density at radius 2 is 0.826 bits per heavy atom. The number of piperazine rings is 1. The molecule has 13 N–H and O–H groups in total. The number of rotatable bonds is 58. The number of aliphatic hydroxyl groups excluding tert-OH is 9. The summed E-state index contributed by atoms with van der Waals surface area (Å²) in [6.07, 6.45) is 1.12. The summed E-state index contributed by atoms with van der Waals surface area (Å²) in [6, 6.07) is -2.78. The van der Waals surface area contributed by atoms with Crippen LogP contribution in [0.4, 0.5) is 17.8 Å². The first-order valence-corrected chi connectivity index (χ1v) is 42.0. The van der Waals surface area contributed by atoms with Crippen LogP contribution in [0.25, 0.3) is 0 Å². The van der Waals surface area contributed by atoms with Gasteiger partial charge in [0.15, 0.2) is 6.29 Å². The van der Waals surface area contributed by atoms with E-state index in [0.717, 1.165) is 0 Å². The highest BCUT2D eigenvalue weighted by molar-refractivity contribution is 5.85. The maximum absolute atomic E-state index is 13.8. The molecule has 4 aliphatic rings. The van der Waals surface area contributed by atoms with Crippen LogP contribution in [0.15, 0.2) is 0 Å². The first-order chi connectivity index (χ1) is 54.8. The second kappa shape index (κ2) is 53.1. The summed E-state index contributed by atoms with van der Waals surface area (Å²) in [7, 11) is 0. The Labute approximate surface area is 676 Å². The van der Waals surface area contributed by atoms with Crippen molar-refractivity contribution in [3.63, 3.8) is 0 Å². The minimum atomic E-state index is -1.45. The van der Waals surface area contributed by atoms with E-state index in [-0.39, 0.29) is 181 Å². The molecule has 4 fully saturated rings. The van der Waals surface area contributed by atoms with Crippen molar-refractivity contribution in [2.45, 2.75) is 326 Å². The number of nitrogens with zero attached hydrogens (tertiary/aromatic N) is 6. The normalized spacial score (nSPS) is 24.4. The van der Waals surface area contributed by atoms with E-state index in [0.29, 0.717) is 167 Å². The summed E-state index contributed by atoms with van der Waals surface area (Å²) >= 11 is 0. The van der Waals surface area contributed by atoms with Crippen molar-refractivity contribution < 1.29 is 118 Å². The molecule has 4 amide bonds. The molecule has 2 saturated heterocycles. The predicted octanol–water partition coefficient (Wildman–Crippen LogP) is 2.68. The van der Waals surface area contributed by atoms with Crippen LogP contribution in [0, 0.1) is 17.3 Å². The standard InChI is InChI=1S/C81H136N10O24/c1-52(95)83-68-63(47-55(49-92)71(106)74(68)109)112-44-19-16-29-57(98)23-10-7-13-26-60(101)34-37-82-78-86-79(88-80(87-78)91-42-40-89(41-43-91)67(105)33-22-32-66(104)81(4,5)6)90(38-35-61(102)27-14-8-11-24-58(99)30-17-20-45-113-64-48-56(50-93)72(107)75(110)69(64)84-53(2)96)39-36-62(103)28-15-9-12-25-59(100)31-18-21-46-114-77-70(85-54(3)97)76(111)73(108)65(51-94)115-77/h55-56,63-65,68-77,92-94,106-111H,7-51H2,1-6H3,(H,83,95)(H,84,96)(H,85,97)(H,82,86,87,88). The number of carbonyl (C=O) groups is 11. The second-order valence-electron chi connectivity index (χ2n) is 32.5. The second-order valence-corrected chi connectivity index (χ2v) is 32.5. The lowest BCUT2D eigenvalue weighted by molar-refractivity contribution is -0.270. The van der Waals surface area contributed by atoms with Crippen LogP contribution in [0.2, 0.25) is 0 Å². The van der Waals surface area contributed by atoms with Gasteiger partial charge in [-0.05, 0) is 96.3 Å². The van der Waals surface area contributed by atoms with Crippen LogP contribution in [-0.4, -0.2) is 295 Å². The fourth-order valence-electron chi connectivity index (χ4n) is 14.8. The molecule has 654 valence electrons. The zero-order valence-corrected chi connectivity index (χ0v) is 68.8. The quantitative estimate of drug-likeness (QED) is 0.0417. The molecule has 34 nitrogen and oxygen atoms in total. The van der Waals surface area contributed by atoms with Gasteiger partial charge < -0.3 is 101 Å². The summed E-state index contributed by atoms with van der Waals surface area (Å²) in [6.45, 7) is 10.5. The van der Waals surface area contributed by atoms with E-state index in [1.165, 1.54) is 20.8 Å². The highest BCUT2D eigenvalue weighted by Crippen LogP contribution is 2.31. The predicted molar refractivity (Wildman–Crippen MR) is 423 cm³/mol. The van der Waals surface area contributed by atoms with Crippen LogP contribution >= 0.6 is 0 Å². The number of ether oxygens (including phenoxy) is 4. The monoisotopic (exact) mass is 1630 g/mol. The number of unbranched alkanes of at least 4 members (excludes halogenated alkanes) is 9. The highest BCUT2D eigenvalue weighted by atomic mass is 16.7. The Morgan fingerprint density at radius 1 is 0.435 bits per heavy atom. The zero-order valence-electron chi connectivity index (χ0n) is 68.8. The molecule has 5 rings (SSSR count). The molecule has 15 unspecified atom stereocenters. The summed E-state index contributed by atoms with van der Waals surface area (Å²) in [5.74, 6) is -1.87. The maximum Gasteiger partial charge on any atom is 0.232 e. The number of hydrogen-bond acceptors (Lipinski definition) is 30. The largest absolute Gasteiger partial charge is 0.396 e. The van der Waals surface area contributed by atoms with E-state index in [4.69, 9.17) is 33.9 Å². The Balaban J connectivity index is 1.17. The molecule has 2 saturated carbocycles. The van der Waals surface area contributed by atoms with Crippen molar-refractivity contribution in [3.8, 4) is 0 Å². The van der Waals surface area contributed by atoms with Crippen molar-refractivity contribution in [1.82, 2.24) is 35.8 Å². The first kappa shape index (κ1) is 99.0. The summed E-state index contributed by atoms with van der Waals surface area (Å²) in [5.41, 5.74) is -0.514. The van der Waals surface area contributed by atoms with Gasteiger partial charge in [-0.2, -0.15) is 15.0 Å². The molecule has 0 bridgehead atoms. The topological polar surface area (TPSA) is 503 Å². The lowest BCUT2D eigenvalue weighted by Crippen LogP contribution is -2.64. The van der Waals surface area contributed by atoms with Crippen molar-refractivity contribution in [3.05, 3.63) is 0 Å². The van der Waals surface area contributed by atoms with Crippen molar-refractivity contribution >= 4 is 82.0 Å². The molecule has 1 aromatic heterocycles. The number of carbonyl (C=O) groups excluding carboxylic acids is 11. The average molecular weight is 1630 g/mol. The Morgan fingerprint density at radius 3 is 1.23 bits per heavy atom. The zero-order chi connectivity index (χ0) is 84.6. The fourth-order valence-corrected chi connectivity index (χ4v) is 14.8. The fraction of sp³-hybridized carbons (Fsp3) is 0.827. The molecule has 3 heterocycles. The van der Waals surface area contributed by atoms with Crippen LogP contribution in [0.3, 0.4) is 0 Å². The van der Waals surface area contributed by atoms with Gasteiger partial charge in [0.1, 0.15) is 77.0 Å². The minimum absolute atomic E-state index is 0.0220. The molecule has 2 aliphatic carbocycles. The lowest BCUT2D eigenvalue weighted by atomic mass is 9.79. The van der Waals surface area contributed by atoms with E-state index >= 15 is 0 Å². The van der Waals surface area contributed by atoms with Gasteiger partial charge in [0, 0.05) is 207 Å². The third kappa shape index (κ3) is 36.3. The van der Waals surface area contributed by atoms with Gasteiger partial charge in [0.2, 0.25) is 41.5 Å². The molecule has 1 aromatic rings. The van der Waals surface area contributed by atoms with Gasteiger partial charge in [-0.1, -0.05) is 40.0 Å². The van der Waals surface area contributed by atoms with E-state index < -0.39 is 121 Å². The maximum atomic E-state index is 13.8. The van der Waals surface area contributed by atoms with E-state index in [9.17, 15) is 98.7 Å². The number of anilines is 3. The van der Waals surface area contributed by atoms with Gasteiger partial charge in [0.05, 0.1) is 43.1 Å². The molecule has 15 atom stereocenters.